The van der Waals surface area contributed by atoms with E-state index in [1.807, 2.05) is 0 Å². The van der Waals surface area contributed by atoms with Gasteiger partial charge in [0.2, 0.25) is 0 Å². The molecule has 2 unspecified atom stereocenters. The molecule has 0 aromatic heterocycles. The van der Waals surface area contributed by atoms with Gasteiger partial charge >= 0.3 is 6.18 Å². The summed E-state index contributed by atoms with van der Waals surface area (Å²) in [5, 5.41) is 3.47. The van der Waals surface area contributed by atoms with Gasteiger partial charge in [-0.15, -0.1) is 0 Å². The Bertz CT molecular complexity index is 438. The van der Waals surface area contributed by atoms with Crippen molar-refractivity contribution in [1.29, 1.82) is 0 Å². The SMILES string of the molecule is CCNC1CCC(C)(Cc2ccc(C(F)(F)F)cc2)C1. The third-order valence-electron chi connectivity index (χ3n) is 4.24. The minimum Gasteiger partial charge on any atom is -0.314 e. The van der Waals surface area contributed by atoms with Crippen LogP contribution in [-0.4, -0.2) is 12.6 Å². The second-order valence-electron chi connectivity index (χ2n) is 6.18. The van der Waals surface area contributed by atoms with Crippen molar-refractivity contribution in [2.75, 3.05) is 6.54 Å². The van der Waals surface area contributed by atoms with Gasteiger partial charge in [-0.2, -0.15) is 13.2 Å². The van der Waals surface area contributed by atoms with Gasteiger partial charge in [0.1, 0.15) is 0 Å². The Hall–Kier alpha value is -1.03. The molecular weight excluding hydrogens is 263 g/mol. The quantitative estimate of drug-likeness (QED) is 0.863. The van der Waals surface area contributed by atoms with Crippen molar-refractivity contribution in [3.8, 4) is 0 Å². The molecule has 112 valence electrons. The lowest BCUT2D eigenvalue weighted by molar-refractivity contribution is -0.137. The van der Waals surface area contributed by atoms with Crippen LogP contribution < -0.4 is 5.32 Å². The molecule has 1 aromatic carbocycles. The van der Waals surface area contributed by atoms with E-state index in [1.165, 1.54) is 12.1 Å². The van der Waals surface area contributed by atoms with Crippen LogP contribution in [0.1, 0.15) is 44.2 Å². The molecule has 1 aromatic rings. The topological polar surface area (TPSA) is 12.0 Å². The van der Waals surface area contributed by atoms with Gasteiger partial charge in [-0.25, -0.2) is 0 Å². The molecular formula is C16H22F3N. The zero-order chi connectivity index (χ0) is 14.8. The fraction of sp³-hybridized carbons (Fsp3) is 0.625. The molecule has 0 amide bonds. The molecule has 2 rings (SSSR count). The molecule has 2 atom stereocenters. The van der Waals surface area contributed by atoms with Crippen LogP contribution in [0.2, 0.25) is 0 Å². The van der Waals surface area contributed by atoms with Crippen molar-refractivity contribution >= 4 is 0 Å². The normalized spacial score (nSPS) is 26.9. The summed E-state index contributed by atoms with van der Waals surface area (Å²) in [6.07, 6.45) is -0.00249. The molecule has 4 heteroatoms. The maximum atomic E-state index is 12.5. The molecule has 0 spiro atoms. The van der Waals surface area contributed by atoms with Gasteiger partial charge in [0, 0.05) is 6.04 Å². The van der Waals surface area contributed by atoms with E-state index in [1.54, 1.807) is 12.1 Å². The van der Waals surface area contributed by atoms with Gasteiger partial charge in [-0.3, -0.25) is 0 Å². The molecule has 0 saturated heterocycles. The minimum absolute atomic E-state index is 0.201. The lowest BCUT2D eigenvalue weighted by atomic mass is 9.82. The van der Waals surface area contributed by atoms with E-state index in [4.69, 9.17) is 0 Å². The van der Waals surface area contributed by atoms with E-state index in [0.29, 0.717) is 6.04 Å². The Labute approximate surface area is 118 Å². The van der Waals surface area contributed by atoms with E-state index >= 15 is 0 Å². The van der Waals surface area contributed by atoms with Crippen molar-refractivity contribution < 1.29 is 13.2 Å². The molecule has 0 heterocycles. The van der Waals surface area contributed by atoms with E-state index in [-0.39, 0.29) is 5.41 Å². The summed E-state index contributed by atoms with van der Waals surface area (Å²) in [6.45, 7) is 5.31. The van der Waals surface area contributed by atoms with Crippen LogP contribution >= 0.6 is 0 Å². The van der Waals surface area contributed by atoms with E-state index in [9.17, 15) is 13.2 Å². The van der Waals surface area contributed by atoms with E-state index < -0.39 is 11.7 Å². The molecule has 1 aliphatic rings. The molecule has 1 saturated carbocycles. The van der Waals surface area contributed by atoms with Crippen molar-refractivity contribution in [1.82, 2.24) is 5.32 Å². The van der Waals surface area contributed by atoms with Gasteiger partial charge in [0.25, 0.3) is 0 Å². The van der Waals surface area contributed by atoms with Gasteiger partial charge in [0.15, 0.2) is 0 Å². The highest BCUT2D eigenvalue weighted by molar-refractivity contribution is 5.25. The Morgan fingerprint density at radius 3 is 2.45 bits per heavy atom. The molecule has 0 radical (unpaired) electrons. The molecule has 0 aliphatic heterocycles. The van der Waals surface area contributed by atoms with Crippen molar-refractivity contribution in [2.45, 2.75) is 51.7 Å². The highest BCUT2D eigenvalue weighted by atomic mass is 19.4. The first-order chi connectivity index (χ1) is 9.32. The van der Waals surface area contributed by atoms with Crippen LogP contribution in [0.4, 0.5) is 13.2 Å². The Morgan fingerprint density at radius 2 is 1.90 bits per heavy atom. The second kappa shape index (κ2) is 5.76. The Kier molecular flexibility index (Phi) is 4.43. The summed E-state index contributed by atoms with van der Waals surface area (Å²) < 4.78 is 37.6. The molecule has 1 aliphatic carbocycles. The van der Waals surface area contributed by atoms with E-state index in [2.05, 4.69) is 19.2 Å². The zero-order valence-corrected chi connectivity index (χ0v) is 12.1. The number of alkyl halides is 3. The van der Waals surface area contributed by atoms with Gasteiger partial charge in [-0.1, -0.05) is 26.0 Å². The first-order valence-corrected chi connectivity index (χ1v) is 7.22. The largest absolute Gasteiger partial charge is 0.416 e. The predicted molar refractivity (Wildman–Crippen MR) is 74.6 cm³/mol. The number of hydrogen-bond acceptors (Lipinski definition) is 1. The van der Waals surface area contributed by atoms with Crippen LogP contribution in [0, 0.1) is 5.41 Å². The lowest BCUT2D eigenvalue weighted by Crippen LogP contribution is -2.28. The monoisotopic (exact) mass is 285 g/mol. The fourth-order valence-electron chi connectivity index (χ4n) is 3.25. The summed E-state index contributed by atoms with van der Waals surface area (Å²) in [7, 11) is 0. The fourth-order valence-corrected chi connectivity index (χ4v) is 3.25. The minimum atomic E-state index is -4.24. The highest BCUT2D eigenvalue weighted by Crippen LogP contribution is 2.41. The number of rotatable bonds is 4. The number of hydrogen-bond donors (Lipinski definition) is 1. The maximum Gasteiger partial charge on any atom is 0.416 e. The third kappa shape index (κ3) is 3.75. The standard InChI is InChI=1S/C16H22F3N/c1-3-20-14-8-9-15(2,11-14)10-12-4-6-13(7-5-12)16(17,18)19/h4-7,14,20H,3,8-11H2,1-2H3. The summed E-state index contributed by atoms with van der Waals surface area (Å²) >= 11 is 0. The van der Waals surface area contributed by atoms with Crippen molar-refractivity contribution in [2.24, 2.45) is 5.41 Å². The molecule has 1 N–H and O–H groups in total. The van der Waals surface area contributed by atoms with Crippen molar-refractivity contribution in [3.63, 3.8) is 0 Å². The summed E-state index contributed by atoms with van der Waals surface area (Å²) in [5.41, 5.74) is 0.632. The Morgan fingerprint density at radius 1 is 1.25 bits per heavy atom. The first-order valence-electron chi connectivity index (χ1n) is 7.22. The van der Waals surface area contributed by atoms with Crippen LogP contribution in [0.25, 0.3) is 0 Å². The van der Waals surface area contributed by atoms with E-state index in [0.717, 1.165) is 37.8 Å². The third-order valence-corrected chi connectivity index (χ3v) is 4.24. The molecule has 0 bridgehead atoms. The summed E-state index contributed by atoms with van der Waals surface area (Å²) in [5.74, 6) is 0. The second-order valence-corrected chi connectivity index (χ2v) is 6.18. The summed E-state index contributed by atoms with van der Waals surface area (Å²) in [6, 6.07) is 6.17. The number of nitrogens with one attached hydrogen (secondary N) is 1. The highest BCUT2D eigenvalue weighted by Gasteiger charge is 2.35. The molecule has 1 fully saturated rings. The van der Waals surface area contributed by atoms with Crippen LogP contribution in [0.5, 0.6) is 0 Å². The zero-order valence-electron chi connectivity index (χ0n) is 12.1. The first kappa shape index (κ1) is 15.4. The number of benzene rings is 1. The average molecular weight is 285 g/mol. The van der Waals surface area contributed by atoms with Gasteiger partial charge in [-0.05, 0) is 55.3 Å². The predicted octanol–water partition coefficient (Wildman–Crippen LogP) is 4.42. The summed E-state index contributed by atoms with van der Waals surface area (Å²) in [4.78, 5) is 0. The number of halogens is 3. The lowest BCUT2D eigenvalue weighted by Gasteiger charge is -2.24. The smallest absolute Gasteiger partial charge is 0.314 e. The average Bonchev–Trinajstić information content (AvgIpc) is 2.71. The van der Waals surface area contributed by atoms with Crippen LogP contribution in [-0.2, 0) is 12.6 Å². The van der Waals surface area contributed by atoms with Crippen LogP contribution in [0.15, 0.2) is 24.3 Å². The van der Waals surface area contributed by atoms with Crippen LogP contribution in [0.3, 0.4) is 0 Å². The molecule has 20 heavy (non-hydrogen) atoms. The van der Waals surface area contributed by atoms with Crippen molar-refractivity contribution in [3.05, 3.63) is 35.4 Å². The Balaban J connectivity index is 2.00. The molecule has 1 nitrogen and oxygen atoms in total. The maximum absolute atomic E-state index is 12.5. The van der Waals surface area contributed by atoms with Gasteiger partial charge in [0.05, 0.1) is 5.56 Å². The van der Waals surface area contributed by atoms with Gasteiger partial charge < -0.3 is 5.32 Å².